The van der Waals surface area contributed by atoms with Crippen molar-refractivity contribution in [1.82, 2.24) is 4.57 Å². The molecule has 0 saturated heterocycles. The third-order valence-corrected chi connectivity index (χ3v) is 6.47. The third-order valence-electron chi connectivity index (χ3n) is 5.54. The highest BCUT2D eigenvalue weighted by molar-refractivity contribution is 7.89. The number of nitriles is 1. The van der Waals surface area contributed by atoms with Crippen LogP contribution in [0.15, 0.2) is 80.8 Å². The fourth-order valence-electron chi connectivity index (χ4n) is 3.67. The molecule has 0 aliphatic heterocycles. The van der Waals surface area contributed by atoms with Gasteiger partial charge in [0.25, 0.3) is 5.56 Å². The molecule has 8 nitrogen and oxygen atoms in total. The third kappa shape index (κ3) is 4.94. The summed E-state index contributed by atoms with van der Waals surface area (Å²) >= 11 is 0. The lowest BCUT2D eigenvalue weighted by molar-refractivity contribution is 0.402. The molecule has 0 radical (unpaired) electrons. The summed E-state index contributed by atoms with van der Waals surface area (Å²) in [6, 6.07) is 20.6. The number of nitrogens with zero attached hydrogens (tertiary/aromatic N) is 2. The smallest absolute Gasteiger partial charge is 0.261 e. The number of furan rings is 1. The van der Waals surface area contributed by atoms with Gasteiger partial charge in [0, 0.05) is 17.3 Å². The highest BCUT2D eigenvalue weighted by atomic mass is 32.2. The van der Waals surface area contributed by atoms with Crippen LogP contribution in [-0.4, -0.2) is 18.1 Å². The number of pyridine rings is 1. The minimum Gasteiger partial charge on any atom is -0.493 e. The number of rotatable bonds is 6. The van der Waals surface area contributed by atoms with Crippen LogP contribution in [0.25, 0.3) is 24.0 Å². The monoisotopic (exact) mass is 487 g/mol. The fourth-order valence-corrected chi connectivity index (χ4v) is 4.19. The van der Waals surface area contributed by atoms with Crippen molar-refractivity contribution in [2.24, 2.45) is 5.14 Å². The summed E-state index contributed by atoms with van der Waals surface area (Å²) in [4.78, 5) is 13.2. The zero-order chi connectivity index (χ0) is 25.2. The van der Waals surface area contributed by atoms with E-state index in [0.29, 0.717) is 23.5 Å². The van der Waals surface area contributed by atoms with Crippen LogP contribution in [-0.2, 0) is 23.0 Å². The zero-order valence-electron chi connectivity index (χ0n) is 18.5. The Bertz CT molecular complexity index is 1710. The summed E-state index contributed by atoms with van der Waals surface area (Å²) in [5, 5.41) is 25.5. The van der Waals surface area contributed by atoms with Gasteiger partial charge in [0.15, 0.2) is 0 Å². The van der Waals surface area contributed by atoms with Gasteiger partial charge < -0.3 is 9.52 Å². The summed E-state index contributed by atoms with van der Waals surface area (Å²) < 4.78 is 29.9. The lowest BCUT2D eigenvalue weighted by Gasteiger charge is -2.10. The molecule has 0 unspecified atom stereocenters. The molecule has 9 heteroatoms. The van der Waals surface area contributed by atoms with Crippen LogP contribution in [0.5, 0.6) is 5.88 Å². The van der Waals surface area contributed by atoms with E-state index >= 15 is 0 Å². The van der Waals surface area contributed by atoms with E-state index in [1.807, 2.05) is 36.4 Å². The van der Waals surface area contributed by atoms with Crippen LogP contribution < -0.4 is 21.1 Å². The molecule has 4 aromatic rings. The number of aromatic nitrogens is 1. The van der Waals surface area contributed by atoms with Crippen LogP contribution in [0.2, 0.25) is 0 Å². The average molecular weight is 488 g/mol. The van der Waals surface area contributed by atoms with Crippen LogP contribution in [0.3, 0.4) is 0 Å². The number of aryl methyl sites for hydroxylation is 1. The maximum absolute atomic E-state index is 13.2. The zero-order valence-corrected chi connectivity index (χ0v) is 19.3. The number of primary sulfonamides is 1. The Morgan fingerprint density at radius 2 is 1.77 bits per heavy atom. The Labute approximate surface area is 201 Å². The molecule has 0 aliphatic rings. The number of aromatic hydroxyl groups is 1. The molecule has 35 heavy (non-hydrogen) atoms. The first-order valence-electron chi connectivity index (χ1n) is 10.5. The minimum absolute atomic E-state index is 0.0227. The molecule has 3 N–H and O–H groups in total. The number of benzene rings is 2. The summed E-state index contributed by atoms with van der Waals surface area (Å²) in [5.74, 6) is 0.332. The van der Waals surface area contributed by atoms with E-state index in [9.17, 15) is 23.6 Å². The maximum atomic E-state index is 13.2. The Morgan fingerprint density at radius 3 is 2.40 bits per heavy atom. The van der Waals surface area contributed by atoms with Crippen molar-refractivity contribution in [1.29, 1.82) is 5.26 Å². The van der Waals surface area contributed by atoms with Gasteiger partial charge in [0.2, 0.25) is 15.9 Å². The first-order chi connectivity index (χ1) is 16.7. The number of sulfonamides is 1. The predicted octanol–water partition coefficient (Wildman–Crippen LogP) is 1.81. The molecule has 2 aromatic carbocycles. The molecule has 0 bridgehead atoms. The van der Waals surface area contributed by atoms with E-state index in [1.54, 1.807) is 24.3 Å². The molecule has 0 fully saturated rings. The van der Waals surface area contributed by atoms with E-state index in [2.05, 4.69) is 6.58 Å². The number of nitrogens with two attached hydrogens (primary N) is 1. The van der Waals surface area contributed by atoms with Gasteiger partial charge in [-0.15, -0.1) is 0 Å². The van der Waals surface area contributed by atoms with Gasteiger partial charge >= 0.3 is 0 Å². The van der Waals surface area contributed by atoms with Gasteiger partial charge in [0.1, 0.15) is 23.2 Å². The van der Waals surface area contributed by atoms with Gasteiger partial charge in [-0.25, -0.2) is 13.6 Å². The summed E-state index contributed by atoms with van der Waals surface area (Å²) in [7, 11) is -3.81. The standard InChI is InChI=1S/C26H21N3O5S/c1-17-22(15-20-9-12-24(34-20)19-7-10-21(11-8-19)35(28,32)33)25(30)29(26(31)23(17)16-27)14-13-18-5-3-2-4-6-18/h2-12,15,31H,1,13-14H2,(H2,28,32,33). The van der Waals surface area contributed by atoms with Gasteiger partial charge in [-0.1, -0.05) is 36.9 Å². The van der Waals surface area contributed by atoms with E-state index in [-0.39, 0.29) is 27.4 Å². The van der Waals surface area contributed by atoms with E-state index in [0.717, 1.165) is 10.1 Å². The van der Waals surface area contributed by atoms with Crippen molar-refractivity contribution in [2.75, 3.05) is 0 Å². The van der Waals surface area contributed by atoms with E-state index in [4.69, 9.17) is 9.56 Å². The molecule has 0 atom stereocenters. The summed E-state index contributed by atoms with van der Waals surface area (Å²) in [6.07, 6.45) is 1.95. The molecule has 0 amide bonds. The summed E-state index contributed by atoms with van der Waals surface area (Å²) in [6.45, 7) is 4.00. The number of hydrogen-bond acceptors (Lipinski definition) is 6. The van der Waals surface area contributed by atoms with Crippen LogP contribution in [0.4, 0.5) is 0 Å². The van der Waals surface area contributed by atoms with Crippen molar-refractivity contribution in [2.45, 2.75) is 17.9 Å². The molecular formula is C26H21N3O5S. The SMILES string of the molecule is C=c1c(C#N)c(O)n(CCc2ccccc2)c(=O)c1=Cc1ccc(-c2ccc(S(N)(=O)=O)cc2)o1. The topological polar surface area (TPSA) is 139 Å². The Morgan fingerprint density at radius 1 is 1.09 bits per heavy atom. The van der Waals surface area contributed by atoms with Gasteiger partial charge in [-0.2, -0.15) is 5.26 Å². The molecule has 2 heterocycles. The molecule has 176 valence electrons. The molecule has 2 aromatic heterocycles. The lowest BCUT2D eigenvalue weighted by Crippen LogP contribution is -2.46. The lowest BCUT2D eigenvalue weighted by atomic mass is 10.1. The average Bonchev–Trinajstić information content (AvgIpc) is 3.31. The largest absolute Gasteiger partial charge is 0.493 e. The van der Waals surface area contributed by atoms with Gasteiger partial charge in [0.05, 0.1) is 10.1 Å². The van der Waals surface area contributed by atoms with Crippen molar-refractivity contribution in [3.05, 3.63) is 104 Å². The van der Waals surface area contributed by atoms with Gasteiger partial charge in [-0.05, 0) is 54.5 Å². The Balaban J connectivity index is 1.74. The highest BCUT2D eigenvalue weighted by Gasteiger charge is 2.14. The van der Waals surface area contributed by atoms with Crippen molar-refractivity contribution in [3.8, 4) is 23.3 Å². The first-order valence-corrected chi connectivity index (χ1v) is 12.1. The quantitative estimate of drug-likeness (QED) is 0.425. The molecule has 0 saturated carbocycles. The van der Waals surface area contributed by atoms with Crippen LogP contribution >= 0.6 is 0 Å². The van der Waals surface area contributed by atoms with E-state index < -0.39 is 21.5 Å². The molecular weight excluding hydrogens is 466 g/mol. The second-order valence-corrected chi connectivity index (χ2v) is 9.37. The first kappa shape index (κ1) is 23.8. The molecule has 0 spiro atoms. The van der Waals surface area contributed by atoms with Gasteiger partial charge in [-0.3, -0.25) is 9.36 Å². The van der Waals surface area contributed by atoms with Crippen molar-refractivity contribution < 1.29 is 17.9 Å². The Hall–Kier alpha value is -4.39. The van der Waals surface area contributed by atoms with Crippen LogP contribution in [0, 0.1) is 11.3 Å². The number of hydrogen-bond donors (Lipinski definition) is 2. The Kier molecular flexibility index (Phi) is 6.42. The van der Waals surface area contributed by atoms with Crippen molar-refractivity contribution in [3.63, 3.8) is 0 Å². The second kappa shape index (κ2) is 9.46. The second-order valence-electron chi connectivity index (χ2n) is 7.81. The summed E-state index contributed by atoms with van der Waals surface area (Å²) in [5.41, 5.74) is 0.994. The highest BCUT2D eigenvalue weighted by Crippen LogP contribution is 2.23. The normalized spacial score (nSPS) is 11.9. The van der Waals surface area contributed by atoms with Crippen molar-refractivity contribution >= 4 is 22.7 Å². The van der Waals surface area contributed by atoms with E-state index in [1.165, 1.54) is 18.2 Å². The maximum Gasteiger partial charge on any atom is 0.261 e. The molecule has 0 aliphatic carbocycles. The fraction of sp³-hybridized carbons (Fsp3) is 0.0769. The van der Waals surface area contributed by atoms with Crippen LogP contribution in [0.1, 0.15) is 16.9 Å². The molecule has 4 rings (SSSR count). The minimum atomic E-state index is -3.81. The predicted molar refractivity (Wildman–Crippen MR) is 131 cm³/mol.